The highest BCUT2D eigenvalue weighted by atomic mass is 19.4. The van der Waals surface area contributed by atoms with Crippen LogP contribution in [0.4, 0.5) is 22.5 Å². The standard InChI is InChI=1S/C20H24F4N2O5/c1-18(2,3)30-17(29)25-10-13-6-4-5-7-14(13)11-26(12-15(27)31-24)16(28)19(8-9-19)20(21,22)23/h4-7H,8-12H2,1-3H3,(H,25,29). The number of hydrogen-bond acceptors (Lipinski definition) is 5. The van der Waals surface area contributed by atoms with E-state index in [0.29, 0.717) is 16.0 Å². The van der Waals surface area contributed by atoms with Crippen molar-refractivity contribution in [2.45, 2.75) is 58.5 Å². The van der Waals surface area contributed by atoms with Gasteiger partial charge in [-0.15, -0.1) is 0 Å². The molecule has 172 valence electrons. The number of halogens is 4. The molecule has 1 aliphatic rings. The Labute approximate surface area is 176 Å². The molecule has 2 amide bonds. The average Bonchev–Trinajstić information content (AvgIpc) is 3.46. The second-order valence-corrected chi connectivity index (χ2v) is 8.31. The molecule has 0 spiro atoms. The van der Waals surface area contributed by atoms with Gasteiger partial charge in [0.05, 0.1) is 0 Å². The lowest BCUT2D eigenvalue weighted by Gasteiger charge is -2.28. The maximum Gasteiger partial charge on any atom is 0.407 e. The highest BCUT2D eigenvalue weighted by Crippen LogP contribution is 2.58. The minimum absolute atomic E-state index is 0.0366. The second-order valence-electron chi connectivity index (χ2n) is 8.31. The largest absolute Gasteiger partial charge is 0.444 e. The molecule has 1 N–H and O–H groups in total. The fourth-order valence-corrected chi connectivity index (χ4v) is 3.00. The number of alkyl halides is 3. The number of nitrogens with zero attached hydrogens (tertiary/aromatic N) is 1. The highest BCUT2D eigenvalue weighted by Gasteiger charge is 2.69. The quantitative estimate of drug-likeness (QED) is 0.642. The summed E-state index contributed by atoms with van der Waals surface area (Å²) in [5, 5.41) is 2.52. The van der Waals surface area contributed by atoms with Crippen LogP contribution in [0.1, 0.15) is 44.7 Å². The van der Waals surface area contributed by atoms with E-state index in [0.717, 1.165) is 0 Å². The number of amides is 2. The molecule has 0 aromatic heterocycles. The summed E-state index contributed by atoms with van der Waals surface area (Å²) in [5.41, 5.74) is -2.45. The molecule has 1 aliphatic carbocycles. The van der Waals surface area contributed by atoms with Crippen molar-refractivity contribution in [2.24, 2.45) is 5.41 Å². The number of nitrogens with one attached hydrogen (secondary N) is 1. The normalized spacial score (nSPS) is 15.1. The SMILES string of the molecule is CC(C)(C)OC(=O)NCc1ccccc1CN(CC(=O)OF)C(=O)C1(C(F)(F)F)CC1. The van der Waals surface area contributed by atoms with Crippen molar-refractivity contribution in [3.63, 3.8) is 0 Å². The molecule has 0 saturated heterocycles. The fourth-order valence-electron chi connectivity index (χ4n) is 3.00. The molecule has 1 saturated carbocycles. The van der Waals surface area contributed by atoms with Crippen molar-refractivity contribution in [1.29, 1.82) is 0 Å². The van der Waals surface area contributed by atoms with Crippen molar-refractivity contribution in [3.8, 4) is 0 Å². The lowest BCUT2D eigenvalue weighted by atomic mass is 10.0. The number of carbonyl (C=O) groups excluding carboxylic acids is 3. The lowest BCUT2D eigenvalue weighted by molar-refractivity contribution is -0.203. The molecule has 0 bridgehead atoms. The number of alkyl carbamates (subject to hydrolysis) is 1. The number of carbonyl (C=O) groups is 3. The monoisotopic (exact) mass is 448 g/mol. The van der Waals surface area contributed by atoms with Gasteiger partial charge in [0.1, 0.15) is 17.6 Å². The van der Waals surface area contributed by atoms with Crippen molar-refractivity contribution >= 4 is 18.0 Å². The predicted octanol–water partition coefficient (Wildman–Crippen LogP) is 3.81. The third kappa shape index (κ3) is 6.31. The number of ether oxygens (including phenoxy) is 1. The smallest absolute Gasteiger partial charge is 0.407 e. The van der Waals surface area contributed by atoms with Gasteiger partial charge in [0, 0.05) is 17.6 Å². The molecule has 0 unspecified atom stereocenters. The van der Waals surface area contributed by atoms with Crippen LogP contribution in [0.25, 0.3) is 0 Å². The summed E-state index contributed by atoms with van der Waals surface area (Å²) in [6, 6.07) is 6.34. The maximum atomic E-state index is 13.4. The third-order valence-electron chi connectivity index (χ3n) is 4.70. The van der Waals surface area contributed by atoms with E-state index in [1.165, 1.54) is 6.07 Å². The minimum atomic E-state index is -4.79. The zero-order chi connectivity index (χ0) is 23.4. The van der Waals surface area contributed by atoms with Gasteiger partial charge in [-0.25, -0.2) is 9.59 Å². The van der Waals surface area contributed by atoms with E-state index in [1.54, 1.807) is 39.0 Å². The molecule has 1 fully saturated rings. The average molecular weight is 448 g/mol. The molecule has 11 heteroatoms. The summed E-state index contributed by atoms with van der Waals surface area (Å²) in [7, 11) is 0. The van der Waals surface area contributed by atoms with Crippen LogP contribution in [0.5, 0.6) is 0 Å². The van der Waals surface area contributed by atoms with Gasteiger partial charge < -0.3 is 15.0 Å². The predicted molar refractivity (Wildman–Crippen MR) is 99.9 cm³/mol. The van der Waals surface area contributed by atoms with Crippen LogP contribution in [0.15, 0.2) is 24.3 Å². The summed E-state index contributed by atoms with van der Waals surface area (Å²) in [6.07, 6.45) is -6.30. The molecule has 31 heavy (non-hydrogen) atoms. The van der Waals surface area contributed by atoms with E-state index in [1.807, 2.05) is 0 Å². The molecular formula is C20H24F4N2O5. The summed E-state index contributed by atoms with van der Waals surface area (Å²) >= 11 is 0. The van der Waals surface area contributed by atoms with Crippen molar-refractivity contribution in [2.75, 3.05) is 6.54 Å². The van der Waals surface area contributed by atoms with Crippen molar-refractivity contribution < 1.29 is 41.8 Å². The van der Waals surface area contributed by atoms with Crippen LogP contribution < -0.4 is 5.32 Å². The van der Waals surface area contributed by atoms with Crippen LogP contribution in [-0.2, 0) is 32.4 Å². The molecule has 0 radical (unpaired) electrons. The Bertz CT molecular complexity index is 832. The first-order valence-corrected chi connectivity index (χ1v) is 9.50. The molecule has 0 atom stereocenters. The summed E-state index contributed by atoms with van der Waals surface area (Å²) in [5.74, 6) is -2.81. The molecule has 1 aromatic rings. The minimum Gasteiger partial charge on any atom is -0.444 e. The number of benzene rings is 1. The van der Waals surface area contributed by atoms with Gasteiger partial charge in [0.2, 0.25) is 5.91 Å². The van der Waals surface area contributed by atoms with E-state index in [9.17, 15) is 32.1 Å². The van der Waals surface area contributed by atoms with Crippen LogP contribution in [0.3, 0.4) is 0 Å². The van der Waals surface area contributed by atoms with Gasteiger partial charge in [0.25, 0.3) is 0 Å². The Hall–Kier alpha value is -2.85. The van der Waals surface area contributed by atoms with Gasteiger partial charge in [-0.1, -0.05) is 24.3 Å². The zero-order valence-electron chi connectivity index (χ0n) is 17.3. The first-order chi connectivity index (χ1) is 14.3. The third-order valence-corrected chi connectivity index (χ3v) is 4.70. The molecule has 2 rings (SSSR count). The molecular weight excluding hydrogens is 424 g/mol. The fraction of sp³-hybridized carbons (Fsp3) is 0.550. The summed E-state index contributed by atoms with van der Waals surface area (Å²) in [4.78, 5) is 39.6. The molecule has 0 aliphatic heterocycles. The van der Waals surface area contributed by atoms with Crippen molar-refractivity contribution in [3.05, 3.63) is 35.4 Å². The number of hydrogen-bond donors (Lipinski definition) is 1. The van der Waals surface area contributed by atoms with Crippen LogP contribution in [-0.4, -0.2) is 41.2 Å². The van der Waals surface area contributed by atoms with Gasteiger partial charge in [-0.3, -0.25) is 9.74 Å². The molecule has 1 aromatic carbocycles. The Balaban J connectivity index is 2.20. The van der Waals surface area contributed by atoms with Crippen LogP contribution in [0, 0.1) is 5.41 Å². The Kier molecular flexibility index (Phi) is 7.17. The Morgan fingerprint density at radius 3 is 2.16 bits per heavy atom. The van der Waals surface area contributed by atoms with Gasteiger partial charge in [-0.05, 0) is 44.7 Å². The lowest BCUT2D eigenvalue weighted by Crippen LogP contribution is -2.46. The zero-order valence-corrected chi connectivity index (χ0v) is 17.3. The van der Waals surface area contributed by atoms with E-state index in [4.69, 9.17) is 4.74 Å². The molecule has 7 nitrogen and oxygen atoms in total. The van der Waals surface area contributed by atoms with E-state index in [2.05, 4.69) is 10.3 Å². The first-order valence-electron chi connectivity index (χ1n) is 9.50. The topological polar surface area (TPSA) is 84.9 Å². The van der Waals surface area contributed by atoms with E-state index in [-0.39, 0.29) is 6.54 Å². The molecule has 0 heterocycles. The van der Waals surface area contributed by atoms with Gasteiger partial charge in [-0.2, -0.15) is 13.2 Å². The second kappa shape index (κ2) is 9.11. The summed E-state index contributed by atoms with van der Waals surface area (Å²) < 4.78 is 57.6. The van der Waals surface area contributed by atoms with Gasteiger partial charge >= 0.3 is 18.2 Å². The van der Waals surface area contributed by atoms with Crippen LogP contribution in [0.2, 0.25) is 0 Å². The van der Waals surface area contributed by atoms with Gasteiger partial charge in [0.15, 0.2) is 0 Å². The Morgan fingerprint density at radius 1 is 1.10 bits per heavy atom. The van der Waals surface area contributed by atoms with Crippen LogP contribution >= 0.6 is 0 Å². The highest BCUT2D eigenvalue weighted by molar-refractivity contribution is 5.89. The van der Waals surface area contributed by atoms with E-state index < -0.39 is 61.1 Å². The first kappa shape index (κ1) is 24.4. The summed E-state index contributed by atoms with van der Waals surface area (Å²) in [6.45, 7) is 3.62. The number of rotatable bonds is 7. The Morgan fingerprint density at radius 2 is 1.68 bits per heavy atom. The maximum absolute atomic E-state index is 13.4. The van der Waals surface area contributed by atoms with Crippen molar-refractivity contribution in [1.82, 2.24) is 10.2 Å². The van der Waals surface area contributed by atoms with E-state index >= 15 is 0 Å².